The van der Waals surface area contributed by atoms with E-state index in [9.17, 15) is 0 Å². The van der Waals surface area contributed by atoms with E-state index in [1.807, 2.05) is 14.0 Å². The van der Waals surface area contributed by atoms with E-state index in [0.29, 0.717) is 6.04 Å². The van der Waals surface area contributed by atoms with Crippen LogP contribution in [0.2, 0.25) is 0 Å². The third-order valence-electron chi connectivity index (χ3n) is 4.11. The first-order valence-corrected chi connectivity index (χ1v) is 7.35. The first kappa shape index (κ1) is 14.4. The third-order valence-corrected chi connectivity index (χ3v) is 4.11. The summed E-state index contributed by atoms with van der Waals surface area (Å²) in [6, 6.07) is 9.64. The van der Waals surface area contributed by atoms with Crippen LogP contribution in [0.3, 0.4) is 0 Å². The monoisotopic (exact) mass is 262 g/mol. The molecule has 0 heterocycles. The van der Waals surface area contributed by atoms with Crippen LogP contribution in [0.5, 0.6) is 5.75 Å². The standard InChI is InChI=1S/C16H26N2O/c1-4-19-15-10-8-13(9-11-15)16(17-2)12-18(3)14-6-5-7-14/h8-11,14,16-17H,4-7,12H2,1-3H3. The Morgan fingerprint density at radius 1 is 1.32 bits per heavy atom. The first-order valence-electron chi connectivity index (χ1n) is 7.35. The lowest BCUT2D eigenvalue weighted by Gasteiger charge is -2.36. The summed E-state index contributed by atoms with van der Waals surface area (Å²) < 4.78 is 5.49. The molecule has 1 atom stereocenters. The molecule has 1 aromatic carbocycles. The summed E-state index contributed by atoms with van der Waals surface area (Å²) in [5, 5.41) is 3.42. The highest BCUT2D eigenvalue weighted by atomic mass is 16.5. The van der Waals surface area contributed by atoms with Crippen molar-refractivity contribution in [1.82, 2.24) is 10.2 Å². The zero-order valence-corrected chi connectivity index (χ0v) is 12.4. The van der Waals surface area contributed by atoms with E-state index in [4.69, 9.17) is 4.74 Å². The summed E-state index contributed by atoms with van der Waals surface area (Å²) >= 11 is 0. The van der Waals surface area contributed by atoms with Crippen molar-refractivity contribution in [3.05, 3.63) is 29.8 Å². The molecule has 1 aliphatic rings. The molecule has 19 heavy (non-hydrogen) atoms. The van der Waals surface area contributed by atoms with Crippen molar-refractivity contribution in [2.45, 2.75) is 38.3 Å². The summed E-state index contributed by atoms with van der Waals surface area (Å²) in [6.45, 7) is 3.80. The van der Waals surface area contributed by atoms with Gasteiger partial charge in [-0.3, -0.25) is 0 Å². The fraction of sp³-hybridized carbons (Fsp3) is 0.625. The van der Waals surface area contributed by atoms with Crippen molar-refractivity contribution < 1.29 is 4.74 Å². The molecule has 0 radical (unpaired) electrons. The highest BCUT2D eigenvalue weighted by molar-refractivity contribution is 5.29. The molecule has 1 aromatic rings. The molecule has 0 bridgehead atoms. The Hall–Kier alpha value is -1.06. The molecule has 3 heteroatoms. The van der Waals surface area contributed by atoms with E-state index in [1.165, 1.54) is 24.8 Å². The first-order chi connectivity index (χ1) is 9.24. The van der Waals surface area contributed by atoms with Crippen molar-refractivity contribution >= 4 is 0 Å². The predicted molar refractivity (Wildman–Crippen MR) is 79.7 cm³/mol. The average Bonchev–Trinajstić information content (AvgIpc) is 2.35. The molecule has 1 unspecified atom stereocenters. The maximum absolute atomic E-state index is 5.49. The Morgan fingerprint density at radius 2 is 2.00 bits per heavy atom. The molecule has 1 saturated carbocycles. The van der Waals surface area contributed by atoms with Gasteiger partial charge in [0.25, 0.3) is 0 Å². The van der Waals surface area contributed by atoms with Crippen molar-refractivity contribution in [3.8, 4) is 5.75 Å². The number of hydrogen-bond acceptors (Lipinski definition) is 3. The lowest BCUT2D eigenvalue weighted by molar-refractivity contribution is 0.147. The molecule has 2 rings (SSSR count). The molecule has 106 valence electrons. The lowest BCUT2D eigenvalue weighted by Crippen LogP contribution is -2.41. The highest BCUT2D eigenvalue weighted by Crippen LogP contribution is 2.26. The van der Waals surface area contributed by atoms with Crippen LogP contribution in [-0.2, 0) is 0 Å². The maximum atomic E-state index is 5.49. The van der Waals surface area contributed by atoms with Gasteiger partial charge in [0.05, 0.1) is 6.61 Å². The van der Waals surface area contributed by atoms with E-state index in [0.717, 1.165) is 24.9 Å². The van der Waals surface area contributed by atoms with Crippen molar-refractivity contribution in [2.75, 3.05) is 27.2 Å². The van der Waals surface area contributed by atoms with Crippen LogP contribution < -0.4 is 10.1 Å². The van der Waals surface area contributed by atoms with Crippen molar-refractivity contribution in [3.63, 3.8) is 0 Å². The SMILES string of the molecule is CCOc1ccc(C(CN(C)C2CCC2)NC)cc1. The van der Waals surface area contributed by atoms with E-state index in [-0.39, 0.29) is 0 Å². The van der Waals surface area contributed by atoms with Gasteiger partial charge in [-0.1, -0.05) is 18.6 Å². The molecule has 1 N–H and O–H groups in total. The van der Waals surface area contributed by atoms with E-state index in [2.05, 4.69) is 41.5 Å². The summed E-state index contributed by atoms with van der Waals surface area (Å²) in [7, 11) is 4.28. The number of nitrogens with zero attached hydrogens (tertiary/aromatic N) is 1. The predicted octanol–water partition coefficient (Wildman–Crippen LogP) is 2.83. The normalized spacial score (nSPS) is 17.3. The average molecular weight is 262 g/mol. The minimum absolute atomic E-state index is 0.390. The van der Waals surface area contributed by atoms with Gasteiger partial charge in [-0.15, -0.1) is 0 Å². The van der Waals surface area contributed by atoms with Gasteiger partial charge in [0.15, 0.2) is 0 Å². The largest absolute Gasteiger partial charge is 0.494 e. The van der Waals surface area contributed by atoms with Crippen LogP contribution in [0.15, 0.2) is 24.3 Å². The quantitative estimate of drug-likeness (QED) is 0.818. The fourth-order valence-electron chi connectivity index (χ4n) is 2.59. The van der Waals surface area contributed by atoms with Crippen LogP contribution >= 0.6 is 0 Å². The second-order valence-corrected chi connectivity index (χ2v) is 5.37. The Morgan fingerprint density at radius 3 is 2.47 bits per heavy atom. The van der Waals surface area contributed by atoms with Gasteiger partial charge in [0.1, 0.15) is 5.75 Å². The molecule has 0 spiro atoms. The highest BCUT2D eigenvalue weighted by Gasteiger charge is 2.24. The van der Waals surface area contributed by atoms with Crippen LogP contribution in [0.1, 0.15) is 37.8 Å². The Balaban J connectivity index is 1.95. The van der Waals surface area contributed by atoms with Crippen LogP contribution in [0.25, 0.3) is 0 Å². The molecule has 0 amide bonds. The van der Waals surface area contributed by atoms with Gasteiger partial charge in [0.2, 0.25) is 0 Å². The molecule has 1 aliphatic carbocycles. The fourth-order valence-corrected chi connectivity index (χ4v) is 2.59. The minimum Gasteiger partial charge on any atom is -0.494 e. The Bertz CT molecular complexity index is 373. The zero-order valence-electron chi connectivity index (χ0n) is 12.4. The topological polar surface area (TPSA) is 24.5 Å². The zero-order chi connectivity index (χ0) is 13.7. The van der Waals surface area contributed by atoms with Crippen molar-refractivity contribution in [1.29, 1.82) is 0 Å². The maximum Gasteiger partial charge on any atom is 0.119 e. The molecular weight excluding hydrogens is 236 g/mol. The van der Waals surface area contributed by atoms with Gasteiger partial charge in [-0.05, 0) is 51.6 Å². The minimum atomic E-state index is 0.390. The Kier molecular flexibility index (Phi) is 5.23. The smallest absolute Gasteiger partial charge is 0.119 e. The van der Waals surface area contributed by atoms with Crippen LogP contribution in [0.4, 0.5) is 0 Å². The molecule has 3 nitrogen and oxygen atoms in total. The summed E-state index contributed by atoms with van der Waals surface area (Å²) in [5.41, 5.74) is 1.33. The summed E-state index contributed by atoms with van der Waals surface area (Å²) in [6.07, 6.45) is 4.11. The summed E-state index contributed by atoms with van der Waals surface area (Å²) in [4.78, 5) is 2.49. The molecule has 0 aliphatic heterocycles. The number of hydrogen-bond donors (Lipinski definition) is 1. The van der Waals surface area contributed by atoms with Crippen LogP contribution in [0, 0.1) is 0 Å². The van der Waals surface area contributed by atoms with Gasteiger partial charge in [0, 0.05) is 18.6 Å². The Labute approximate surface area is 116 Å². The second-order valence-electron chi connectivity index (χ2n) is 5.37. The van der Waals surface area contributed by atoms with Gasteiger partial charge in [-0.2, -0.15) is 0 Å². The van der Waals surface area contributed by atoms with E-state index >= 15 is 0 Å². The number of rotatable bonds is 7. The third kappa shape index (κ3) is 3.71. The number of benzene rings is 1. The lowest BCUT2D eigenvalue weighted by atomic mass is 9.91. The number of ether oxygens (including phenoxy) is 1. The van der Waals surface area contributed by atoms with Gasteiger partial charge < -0.3 is 15.0 Å². The molecular formula is C16H26N2O. The molecule has 0 aromatic heterocycles. The van der Waals surface area contributed by atoms with Gasteiger partial charge >= 0.3 is 0 Å². The number of nitrogens with one attached hydrogen (secondary N) is 1. The molecule has 0 saturated heterocycles. The molecule has 1 fully saturated rings. The van der Waals surface area contributed by atoms with Gasteiger partial charge in [-0.25, -0.2) is 0 Å². The number of likely N-dealkylation sites (N-methyl/N-ethyl adjacent to an activating group) is 2. The van der Waals surface area contributed by atoms with Crippen molar-refractivity contribution in [2.24, 2.45) is 0 Å². The van der Waals surface area contributed by atoms with Crippen LogP contribution in [-0.4, -0.2) is 38.2 Å². The second kappa shape index (κ2) is 6.92. The van der Waals surface area contributed by atoms with E-state index in [1.54, 1.807) is 0 Å². The summed E-state index contributed by atoms with van der Waals surface area (Å²) in [5.74, 6) is 0.952. The van der Waals surface area contributed by atoms with E-state index < -0.39 is 0 Å².